The lowest BCUT2D eigenvalue weighted by Gasteiger charge is -2.30. The third-order valence-electron chi connectivity index (χ3n) is 3.63. The van der Waals surface area contributed by atoms with E-state index in [2.05, 4.69) is 20.8 Å². The molecule has 1 aliphatic carbocycles. The largest absolute Gasteiger partial charge is 0.303 e. The zero-order chi connectivity index (χ0) is 9.10. The topological polar surface area (TPSA) is 3.24 Å². The summed E-state index contributed by atoms with van der Waals surface area (Å²) in [6.07, 6.45) is 7.31. The fourth-order valence-corrected chi connectivity index (χ4v) is 3.16. The van der Waals surface area contributed by atoms with Crippen LogP contribution in [0.15, 0.2) is 0 Å². The molecule has 0 spiro atoms. The number of hydrogen-bond acceptors (Lipinski definition) is 1. The summed E-state index contributed by atoms with van der Waals surface area (Å²) < 4.78 is 0. The Morgan fingerprint density at radius 3 is 2.62 bits per heavy atom. The van der Waals surface area contributed by atoms with Gasteiger partial charge in [0.1, 0.15) is 0 Å². The molecule has 2 aliphatic rings. The van der Waals surface area contributed by atoms with E-state index >= 15 is 0 Å². The zero-order valence-corrected chi connectivity index (χ0v) is 9.93. The average molecular weight is 246 g/mol. The van der Waals surface area contributed by atoms with E-state index in [1.54, 1.807) is 0 Å². The van der Waals surface area contributed by atoms with Crippen LogP contribution in [0.4, 0.5) is 0 Å². The molecule has 2 fully saturated rings. The van der Waals surface area contributed by atoms with Gasteiger partial charge in [0, 0.05) is 18.4 Å². The van der Waals surface area contributed by atoms with Gasteiger partial charge >= 0.3 is 0 Å². The number of nitrogens with zero attached hydrogens (tertiary/aromatic N) is 1. The van der Waals surface area contributed by atoms with Crippen molar-refractivity contribution < 1.29 is 0 Å². The summed E-state index contributed by atoms with van der Waals surface area (Å²) in [7, 11) is 0. The molecule has 0 bridgehead atoms. The standard InChI is InChI=1S/C11H20BrN/c12-6-4-11-5-7-13(9-11)8-10-2-1-3-10/h10-11H,1-9H2. The van der Waals surface area contributed by atoms with Gasteiger partial charge in [-0.15, -0.1) is 0 Å². The van der Waals surface area contributed by atoms with Crippen LogP contribution in [0.1, 0.15) is 32.1 Å². The van der Waals surface area contributed by atoms with E-state index in [-0.39, 0.29) is 0 Å². The van der Waals surface area contributed by atoms with E-state index in [0.29, 0.717) is 0 Å². The molecule has 2 heteroatoms. The number of halogens is 1. The number of hydrogen-bond donors (Lipinski definition) is 0. The summed E-state index contributed by atoms with van der Waals surface area (Å²) in [5.74, 6) is 2.04. The predicted molar refractivity (Wildman–Crippen MR) is 60.3 cm³/mol. The molecular formula is C11H20BrN. The second-order valence-corrected chi connectivity index (χ2v) is 5.48. The SMILES string of the molecule is BrCCC1CCN(CC2CCC2)C1. The molecule has 0 aromatic rings. The highest BCUT2D eigenvalue weighted by molar-refractivity contribution is 9.09. The Morgan fingerprint density at radius 2 is 2.00 bits per heavy atom. The fourth-order valence-electron chi connectivity index (χ4n) is 2.51. The fraction of sp³-hybridized carbons (Fsp3) is 1.00. The number of likely N-dealkylation sites (tertiary alicyclic amines) is 1. The van der Waals surface area contributed by atoms with Crippen LogP contribution < -0.4 is 0 Å². The molecular weight excluding hydrogens is 226 g/mol. The minimum Gasteiger partial charge on any atom is -0.303 e. The molecule has 0 radical (unpaired) electrons. The minimum atomic E-state index is 0.986. The molecule has 13 heavy (non-hydrogen) atoms. The van der Waals surface area contributed by atoms with Gasteiger partial charge in [0.25, 0.3) is 0 Å². The molecule has 0 N–H and O–H groups in total. The van der Waals surface area contributed by atoms with Crippen molar-refractivity contribution in [3.8, 4) is 0 Å². The monoisotopic (exact) mass is 245 g/mol. The molecule has 0 aromatic carbocycles. The maximum atomic E-state index is 3.54. The van der Waals surface area contributed by atoms with Crippen LogP contribution in [0.2, 0.25) is 0 Å². The molecule has 1 atom stereocenters. The highest BCUT2D eigenvalue weighted by Crippen LogP contribution is 2.29. The van der Waals surface area contributed by atoms with Crippen molar-refractivity contribution in [1.82, 2.24) is 4.90 Å². The summed E-state index contributed by atoms with van der Waals surface area (Å²) in [6, 6.07) is 0. The quantitative estimate of drug-likeness (QED) is 0.689. The lowest BCUT2D eigenvalue weighted by atomic mass is 9.85. The van der Waals surface area contributed by atoms with Gasteiger partial charge in [-0.1, -0.05) is 22.4 Å². The van der Waals surface area contributed by atoms with Gasteiger partial charge in [0.05, 0.1) is 0 Å². The van der Waals surface area contributed by atoms with E-state index in [4.69, 9.17) is 0 Å². The second-order valence-electron chi connectivity index (χ2n) is 4.69. The molecule has 2 rings (SSSR count). The Kier molecular flexibility index (Phi) is 3.67. The van der Waals surface area contributed by atoms with E-state index in [0.717, 1.165) is 11.8 Å². The van der Waals surface area contributed by atoms with Gasteiger partial charge < -0.3 is 4.90 Å². The van der Waals surface area contributed by atoms with Crippen molar-refractivity contribution in [3.63, 3.8) is 0 Å². The lowest BCUT2D eigenvalue weighted by molar-refractivity contribution is 0.200. The van der Waals surface area contributed by atoms with E-state index < -0.39 is 0 Å². The Labute approximate surface area is 90.0 Å². The van der Waals surface area contributed by atoms with Crippen molar-refractivity contribution >= 4 is 15.9 Å². The van der Waals surface area contributed by atoms with Crippen LogP contribution in [-0.2, 0) is 0 Å². The highest BCUT2D eigenvalue weighted by atomic mass is 79.9. The summed E-state index contributed by atoms with van der Waals surface area (Å²) in [6.45, 7) is 4.15. The van der Waals surface area contributed by atoms with Crippen molar-refractivity contribution in [2.75, 3.05) is 25.0 Å². The first-order valence-corrected chi connectivity index (χ1v) is 6.79. The van der Waals surface area contributed by atoms with Gasteiger partial charge in [0.2, 0.25) is 0 Å². The molecule has 1 saturated heterocycles. The average Bonchev–Trinajstić information content (AvgIpc) is 2.46. The maximum Gasteiger partial charge on any atom is 0.00344 e. The summed E-state index contributed by atoms with van der Waals surface area (Å²) in [5.41, 5.74) is 0. The highest BCUT2D eigenvalue weighted by Gasteiger charge is 2.26. The first kappa shape index (κ1) is 9.97. The molecule has 1 unspecified atom stereocenters. The zero-order valence-electron chi connectivity index (χ0n) is 8.34. The van der Waals surface area contributed by atoms with Crippen LogP contribution in [0.5, 0.6) is 0 Å². The van der Waals surface area contributed by atoms with Gasteiger partial charge in [-0.25, -0.2) is 0 Å². The van der Waals surface area contributed by atoms with Crippen LogP contribution in [0.3, 0.4) is 0 Å². The van der Waals surface area contributed by atoms with E-state index in [9.17, 15) is 0 Å². The Bertz CT molecular complexity index is 156. The molecule has 1 aliphatic heterocycles. The Balaban J connectivity index is 1.65. The van der Waals surface area contributed by atoms with Crippen LogP contribution in [0, 0.1) is 11.8 Å². The van der Waals surface area contributed by atoms with Crippen LogP contribution in [-0.4, -0.2) is 29.9 Å². The smallest absolute Gasteiger partial charge is 0.00344 e. The molecule has 1 nitrogen and oxygen atoms in total. The Morgan fingerprint density at radius 1 is 1.15 bits per heavy atom. The summed E-state index contributed by atoms with van der Waals surface area (Å²) >= 11 is 3.54. The predicted octanol–water partition coefficient (Wildman–Crippen LogP) is 2.89. The van der Waals surface area contributed by atoms with Crippen molar-refractivity contribution in [2.24, 2.45) is 11.8 Å². The number of rotatable bonds is 4. The van der Waals surface area contributed by atoms with Crippen molar-refractivity contribution in [3.05, 3.63) is 0 Å². The van der Waals surface area contributed by atoms with Gasteiger partial charge in [0.15, 0.2) is 0 Å². The minimum absolute atomic E-state index is 0.986. The molecule has 1 saturated carbocycles. The van der Waals surface area contributed by atoms with Crippen molar-refractivity contribution in [2.45, 2.75) is 32.1 Å². The van der Waals surface area contributed by atoms with Crippen LogP contribution in [0.25, 0.3) is 0 Å². The first-order valence-electron chi connectivity index (χ1n) is 5.67. The van der Waals surface area contributed by atoms with Gasteiger partial charge in [-0.3, -0.25) is 0 Å². The Hall–Kier alpha value is 0.440. The second kappa shape index (κ2) is 4.79. The maximum absolute atomic E-state index is 3.54. The van der Waals surface area contributed by atoms with Crippen LogP contribution >= 0.6 is 15.9 Å². The third kappa shape index (κ3) is 2.69. The lowest BCUT2D eigenvalue weighted by Crippen LogP contribution is -2.30. The summed E-state index contributed by atoms with van der Waals surface area (Å²) in [5, 5.41) is 1.19. The molecule has 76 valence electrons. The molecule has 1 heterocycles. The van der Waals surface area contributed by atoms with Crippen molar-refractivity contribution in [1.29, 1.82) is 0 Å². The normalized spacial score (nSPS) is 30.7. The third-order valence-corrected chi connectivity index (χ3v) is 4.09. The molecule has 0 amide bonds. The van der Waals surface area contributed by atoms with E-state index in [1.165, 1.54) is 57.1 Å². The number of alkyl halides is 1. The molecule has 0 aromatic heterocycles. The van der Waals surface area contributed by atoms with Gasteiger partial charge in [-0.05, 0) is 44.1 Å². The first-order chi connectivity index (χ1) is 6.38. The summed E-state index contributed by atoms with van der Waals surface area (Å²) in [4.78, 5) is 2.69. The van der Waals surface area contributed by atoms with E-state index in [1.807, 2.05) is 0 Å². The van der Waals surface area contributed by atoms with Gasteiger partial charge in [-0.2, -0.15) is 0 Å².